The van der Waals surface area contributed by atoms with E-state index in [-0.39, 0.29) is 20.5 Å². The van der Waals surface area contributed by atoms with Gasteiger partial charge in [-0.25, -0.2) is 0 Å². The lowest BCUT2D eigenvalue weighted by molar-refractivity contribution is -0.387. The third-order valence-corrected chi connectivity index (χ3v) is 9.28. The molecule has 2 aromatic heterocycles. The number of nitro benzene ring substituents is 1. The molecule has 0 saturated carbocycles. The van der Waals surface area contributed by atoms with Crippen molar-refractivity contribution in [2.75, 3.05) is 0 Å². The Bertz CT molecular complexity index is 2170. The maximum absolute atomic E-state index is 14.0. The van der Waals surface area contributed by atoms with E-state index >= 15 is 0 Å². The second-order valence-electron chi connectivity index (χ2n) is 10.4. The van der Waals surface area contributed by atoms with Crippen LogP contribution in [0.25, 0.3) is 17.3 Å². The standard InChI is InChI=1S/C33H28N6O4S2/c1-5-6-22-8-11-24(12-9-22)30(40)25(18-34)32-38(26-13-7-20(2)15-21(26)3)31(41)29(44-32)17-23-10-14-28(27(16-23)39(42)43)45-33-36-35-19-37(33)4/h7-17,19H,5-6H2,1-4H3/b29-17-,32-25-. The van der Waals surface area contributed by atoms with Crippen molar-refractivity contribution in [1.29, 1.82) is 5.26 Å². The Hall–Kier alpha value is -5.12. The zero-order valence-corrected chi connectivity index (χ0v) is 26.6. The van der Waals surface area contributed by atoms with E-state index in [4.69, 9.17) is 0 Å². The summed E-state index contributed by atoms with van der Waals surface area (Å²) >= 11 is 2.10. The number of Topliss-reactive ketones (excluding diaryl/α,β-unsaturated/α-hetero) is 1. The molecule has 0 amide bonds. The van der Waals surface area contributed by atoms with Gasteiger partial charge in [-0.05, 0) is 66.9 Å². The van der Waals surface area contributed by atoms with E-state index in [0.29, 0.717) is 26.9 Å². The molecular formula is C33H28N6O4S2. The molecule has 5 rings (SSSR count). The van der Waals surface area contributed by atoms with Gasteiger partial charge >= 0.3 is 0 Å². The quantitative estimate of drug-likeness (QED) is 0.125. The van der Waals surface area contributed by atoms with Crippen molar-refractivity contribution in [2.24, 2.45) is 7.05 Å². The average molecular weight is 637 g/mol. The van der Waals surface area contributed by atoms with Gasteiger partial charge in [-0.15, -0.1) is 21.5 Å². The number of rotatable bonds is 9. The van der Waals surface area contributed by atoms with Gasteiger partial charge in [0.25, 0.3) is 11.2 Å². The molecule has 0 aliphatic heterocycles. The third-order valence-electron chi connectivity index (χ3n) is 7.07. The molecule has 5 aromatic rings. The monoisotopic (exact) mass is 636 g/mol. The maximum atomic E-state index is 14.0. The first-order chi connectivity index (χ1) is 21.6. The second-order valence-corrected chi connectivity index (χ2v) is 12.5. The highest BCUT2D eigenvalue weighted by Gasteiger charge is 2.21. The topological polar surface area (TPSA) is 137 Å². The van der Waals surface area contributed by atoms with Crippen LogP contribution < -0.4 is 14.8 Å². The number of hydrogen-bond donors (Lipinski definition) is 0. The third kappa shape index (κ3) is 6.55. The Morgan fingerprint density at radius 2 is 1.89 bits per heavy atom. The molecule has 2 heterocycles. The van der Waals surface area contributed by atoms with Crippen LogP contribution in [-0.4, -0.2) is 30.0 Å². The van der Waals surface area contributed by atoms with Gasteiger partial charge in [0.2, 0.25) is 5.78 Å². The summed E-state index contributed by atoms with van der Waals surface area (Å²) in [5.74, 6) is -0.493. The van der Waals surface area contributed by atoms with E-state index in [1.807, 2.05) is 38.1 Å². The Kier molecular flexibility index (Phi) is 9.22. The molecular weight excluding hydrogens is 609 g/mol. The number of ketones is 1. The van der Waals surface area contributed by atoms with Crippen LogP contribution in [0.3, 0.4) is 0 Å². The molecule has 0 fully saturated rings. The van der Waals surface area contributed by atoms with Crippen LogP contribution >= 0.6 is 23.1 Å². The largest absolute Gasteiger partial charge is 0.311 e. The van der Waals surface area contributed by atoms with Crippen molar-refractivity contribution in [3.63, 3.8) is 0 Å². The Morgan fingerprint density at radius 1 is 1.13 bits per heavy atom. The van der Waals surface area contributed by atoms with Gasteiger partial charge in [0.15, 0.2) is 5.16 Å². The summed E-state index contributed by atoms with van der Waals surface area (Å²) in [6.07, 6.45) is 4.88. The SMILES string of the molecule is CCCc1ccc(C(=O)/C(C#N)=c2\s/c(=C\c3ccc(Sc4nncn4C)c([N+](=O)[O-])c3)c(=O)n2-c2ccc(C)cc2C)cc1. The summed E-state index contributed by atoms with van der Waals surface area (Å²) in [6, 6.07) is 19.4. The number of nitrogens with zero attached hydrogens (tertiary/aromatic N) is 6. The highest BCUT2D eigenvalue weighted by atomic mass is 32.2. The first-order valence-electron chi connectivity index (χ1n) is 14.0. The van der Waals surface area contributed by atoms with Crippen LogP contribution in [0.5, 0.6) is 0 Å². The molecule has 10 nitrogen and oxygen atoms in total. The van der Waals surface area contributed by atoms with Gasteiger partial charge in [0, 0.05) is 18.7 Å². The summed E-state index contributed by atoms with van der Waals surface area (Å²) in [5.41, 5.74) is 3.40. The molecule has 0 bridgehead atoms. The fraction of sp³-hybridized carbons (Fsp3) is 0.182. The smallest absolute Gasteiger partial charge is 0.283 e. The molecule has 0 N–H and O–H groups in total. The van der Waals surface area contributed by atoms with E-state index in [2.05, 4.69) is 23.2 Å². The molecule has 0 unspecified atom stereocenters. The zero-order chi connectivity index (χ0) is 32.2. The maximum Gasteiger partial charge on any atom is 0.283 e. The molecule has 12 heteroatoms. The number of aryl methyl sites for hydroxylation is 4. The van der Waals surface area contributed by atoms with Gasteiger partial charge in [0.05, 0.1) is 20.0 Å². The highest BCUT2D eigenvalue weighted by Crippen LogP contribution is 2.34. The number of carbonyl (C=O) groups is 1. The number of nitriles is 1. The van der Waals surface area contributed by atoms with Gasteiger partial charge < -0.3 is 4.57 Å². The van der Waals surface area contributed by atoms with Crippen LogP contribution in [0.1, 0.15) is 46.0 Å². The van der Waals surface area contributed by atoms with Gasteiger partial charge in [-0.2, -0.15) is 5.26 Å². The van der Waals surface area contributed by atoms with Crippen LogP contribution in [0.2, 0.25) is 0 Å². The predicted octanol–water partition coefficient (Wildman–Crippen LogP) is 5.04. The van der Waals surface area contributed by atoms with Gasteiger partial charge in [-0.3, -0.25) is 24.3 Å². The predicted molar refractivity (Wildman–Crippen MR) is 174 cm³/mol. The first-order valence-corrected chi connectivity index (χ1v) is 15.6. The molecule has 0 aliphatic carbocycles. The molecule has 0 atom stereocenters. The van der Waals surface area contributed by atoms with Crippen LogP contribution in [0.4, 0.5) is 5.69 Å². The summed E-state index contributed by atoms with van der Waals surface area (Å²) < 4.78 is 3.44. The number of nitro groups is 1. The van der Waals surface area contributed by atoms with E-state index in [1.165, 1.54) is 17.0 Å². The van der Waals surface area contributed by atoms with Crippen molar-refractivity contribution in [2.45, 2.75) is 43.7 Å². The zero-order valence-electron chi connectivity index (χ0n) is 25.0. The summed E-state index contributed by atoms with van der Waals surface area (Å²) in [6.45, 7) is 5.87. The van der Waals surface area contributed by atoms with E-state index in [9.17, 15) is 25.0 Å². The van der Waals surface area contributed by atoms with E-state index in [1.54, 1.807) is 48.0 Å². The second kappa shape index (κ2) is 13.3. The molecule has 45 heavy (non-hydrogen) atoms. The van der Waals surface area contributed by atoms with Crippen molar-refractivity contribution in [3.05, 3.63) is 124 Å². The van der Waals surface area contributed by atoms with Crippen molar-refractivity contribution in [3.8, 4) is 11.8 Å². The lowest BCUT2D eigenvalue weighted by Crippen LogP contribution is -2.32. The number of carbonyl (C=O) groups excluding carboxylic acids is 1. The minimum Gasteiger partial charge on any atom is -0.311 e. The van der Waals surface area contributed by atoms with E-state index < -0.39 is 16.3 Å². The first kappa shape index (κ1) is 31.3. The van der Waals surface area contributed by atoms with Crippen molar-refractivity contribution >= 4 is 46.2 Å². The summed E-state index contributed by atoms with van der Waals surface area (Å²) in [7, 11) is 1.74. The van der Waals surface area contributed by atoms with Gasteiger partial charge in [-0.1, -0.05) is 61.4 Å². The normalized spacial score (nSPS) is 12.2. The Balaban J connectivity index is 1.71. The summed E-state index contributed by atoms with van der Waals surface area (Å²) in [4.78, 5) is 39.6. The van der Waals surface area contributed by atoms with Gasteiger partial charge in [0.1, 0.15) is 22.6 Å². The van der Waals surface area contributed by atoms with Crippen molar-refractivity contribution < 1.29 is 9.72 Å². The molecule has 0 radical (unpaired) electrons. The fourth-order valence-electron chi connectivity index (χ4n) is 4.84. The average Bonchev–Trinajstić information content (AvgIpc) is 3.56. The Morgan fingerprint density at radius 3 is 2.51 bits per heavy atom. The minimum atomic E-state index is -0.493. The van der Waals surface area contributed by atoms with E-state index in [0.717, 1.165) is 52.6 Å². The molecule has 3 aromatic carbocycles. The molecule has 0 aliphatic rings. The summed E-state index contributed by atoms with van der Waals surface area (Å²) in [5, 5.41) is 30.6. The number of thiazole rings is 1. The lowest BCUT2D eigenvalue weighted by atomic mass is 10.0. The molecule has 226 valence electrons. The number of benzene rings is 3. The fourth-order valence-corrected chi connectivity index (χ4v) is 6.79. The molecule has 0 saturated heterocycles. The number of hydrogen-bond acceptors (Lipinski definition) is 9. The number of aromatic nitrogens is 4. The Labute approximate surface area is 266 Å². The van der Waals surface area contributed by atoms with Crippen molar-refractivity contribution in [1.82, 2.24) is 19.3 Å². The van der Waals surface area contributed by atoms with Crippen LogP contribution in [-0.2, 0) is 13.5 Å². The van der Waals surface area contributed by atoms with Crippen LogP contribution in [0.15, 0.2) is 81.8 Å². The minimum absolute atomic E-state index is 0.158. The highest BCUT2D eigenvalue weighted by molar-refractivity contribution is 7.99. The molecule has 0 spiro atoms. The van der Waals surface area contributed by atoms with Crippen LogP contribution in [0, 0.1) is 35.3 Å². The lowest BCUT2D eigenvalue weighted by Gasteiger charge is -2.08.